The third-order valence-electron chi connectivity index (χ3n) is 10.7. The summed E-state index contributed by atoms with van der Waals surface area (Å²) < 4.78 is 23.0. The number of likely N-dealkylation sites (tertiary alicyclic amines) is 1. The lowest BCUT2D eigenvalue weighted by atomic mass is 9.64. The highest BCUT2D eigenvalue weighted by atomic mass is 19.1. The first kappa shape index (κ1) is 29.1. The Morgan fingerprint density at radius 2 is 1.95 bits per heavy atom. The molecule has 0 aromatic carbocycles. The summed E-state index contributed by atoms with van der Waals surface area (Å²) in [5, 5.41) is 2.97. The van der Waals surface area contributed by atoms with Crippen molar-refractivity contribution in [3.63, 3.8) is 0 Å². The molecule has 10 heteroatoms. The molecule has 3 aliphatic heterocycles. The Morgan fingerprint density at radius 1 is 1.17 bits per heavy atom. The lowest BCUT2D eigenvalue weighted by molar-refractivity contribution is -0.219. The van der Waals surface area contributed by atoms with Crippen molar-refractivity contribution in [1.29, 1.82) is 0 Å². The lowest BCUT2D eigenvalue weighted by Gasteiger charge is -2.61. The van der Waals surface area contributed by atoms with Crippen LogP contribution in [0.2, 0.25) is 0 Å². The number of hydrogen-bond acceptors (Lipinski definition) is 7. The minimum atomic E-state index is -1.19. The van der Waals surface area contributed by atoms with Gasteiger partial charge in [0.05, 0.1) is 42.2 Å². The number of hydrogen-bond donors (Lipinski definition) is 2. The summed E-state index contributed by atoms with van der Waals surface area (Å²) in [4.78, 5) is 38.0. The normalized spacial score (nSPS) is 40.5. The van der Waals surface area contributed by atoms with Crippen molar-refractivity contribution >= 4 is 18.0 Å². The summed E-state index contributed by atoms with van der Waals surface area (Å²) in [6.45, 7) is 2.61. The van der Waals surface area contributed by atoms with Crippen molar-refractivity contribution in [3.05, 3.63) is 11.8 Å². The average Bonchev–Trinajstić information content (AvgIpc) is 3.37. The molecule has 3 N–H and O–H groups in total. The second-order valence-electron chi connectivity index (χ2n) is 13.7. The van der Waals surface area contributed by atoms with Gasteiger partial charge >= 0.3 is 0 Å². The van der Waals surface area contributed by atoms with Crippen LogP contribution in [0.5, 0.6) is 0 Å². The molecule has 228 valence electrons. The largest absolute Gasteiger partial charge is 0.369 e. The molecule has 0 aromatic rings. The summed E-state index contributed by atoms with van der Waals surface area (Å²) in [6, 6.07) is -0.456. The monoisotopic (exact) mass is 572 g/mol. The maximum Gasteiger partial charge on any atom is 0.256 e. The first-order chi connectivity index (χ1) is 19.8. The zero-order chi connectivity index (χ0) is 28.7. The van der Waals surface area contributed by atoms with E-state index in [-0.39, 0.29) is 47.9 Å². The summed E-state index contributed by atoms with van der Waals surface area (Å²) >= 11 is 0. The molecule has 5 fully saturated rings. The number of alkyl halides is 1. The van der Waals surface area contributed by atoms with E-state index in [1.54, 1.807) is 6.34 Å². The molecule has 0 bridgehead atoms. The SMILES string of the molecule is CN(C)C=NCCCCNC(=O)C1=CN2C3CC4CCCCC4CC3OC3C(N4CC[C@@H](N)C4)C(F)CC(C1=O)C32. The maximum atomic E-state index is 16.1. The Labute approximate surface area is 244 Å². The molecule has 10 atom stereocenters. The molecule has 6 rings (SSSR count). The molecule has 9 unspecified atom stereocenters. The minimum absolute atomic E-state index is 0.00295. The van der Waals surface area contributed by atoms with Crippen LogP contribution in [-0.4, -0.2) is 116 Å². The summed E-state index contributed by atoms with van der Waals surface area (Å²) in [7, 11) is 3.87. The number of amides is 1. The number of nitrogens with one attached hydrogen (secondary N) is 1. The van der Waals surface area contributed by atoms with Gasteiger partial charge in [-0.3, -0.25) is 19.5 Å². The quantitative estimate of drug-likeness (QED) is 0.199. The Hall–Kier alpha value is -2.04. The van der Waals surface area contributed by atoms with Gasteiger partial charge in [-0.05, 0) is 50.4 Å². The van der Waals surface area contributed by atoms with E-state index < -0.39 is 24.2 Å². The van der Waals surface area contributed by atoms with E-state index in [0.717, 1.165) is 38.6 Å². The van der Waals surface area contributed by atoms with Crippen molar-refractivity contribution < 1.29 is 18.7 Å². The van der Waals surface area contributed by atoms with Gasteiger partial charge in [-0.1, -0.05) is 25.7 Å². The summed E-state index contributed by atoms with van der Waals surface area (Å²) in [5.74, 6) is 0.183. The number of carbonyl (C=O) groups excluding carboxylic acids is 2. The number of rotatable bonds is 8. The highest BCUT2D eigenvalue weighted by Gasteiger charge is 2.60. The third kappa shape index (κ3) is 5.80. The molecule has 3 saturated carbocycles. The predicted molar refractivity (Wildman–Crippen MR) is 156 cm³/mol. The van der Waals surface area contributed by atoms with Crippen molar-refractivity contribution in [2.45, 2.75) is 107 Å². The number of carbonyl (C=O) groups is 2. The molecule has 3 aliphatic carbocycles. The number of nitrogens with zero attached hydrogens (tertiary/aromatic N) is 4. The predicted octanol–water partition coefficient (Wildman–Crippen LogP) is 2.11. The first-order valence-electron chi connectivity index (χ1n) is 16.1. The molecule has 6 aliphatic rings. The summed E-state index contributed by atoms with van der Waals surface area (Å²) in [5.41, 5.74) is 6.43. The fourth-order valence-electron chi connectivity index (χ4n) is 8.80. The fraction of sp³-hybridized carbons (Fsp3) is 0.839. The van der Waals surface area contributed by atoms with Gasteiger partial charge in [0, 0.05) is 58.4 Å². The Morgan fingerprint density at radius 3 is 2.68 bits per heavy atom. The van der Waals surface area contributed by atoms with E-state index in [0.29, 0.717) is 31.5 Å². The summed E-state index contributed by atoms with van der Waals surface area (Å²) in [6.07, 6.45) is 11.7. The van der Waals surface area contributed by atoms with Crippen LogP contribution in [0, 0.1) is 17.8 Å². The van der Waals surface area contributed by atoms with E-state index in [2.05, 4.69) is 20.1 Å². The number of ketones is 1. The van der Waals surface area contributed by atoms with E-state index in [1.807, 2.05) is 25.2 Å². The molecule has 0 radical (unpaired) electrons. The highest BCUT2D eigenvalue weighted by Crippen LogP contribution is 2.50. The van der Waals surface area contributed by atoms with Gasteiger partial charge in [0.15, 0.2) is 5.78 Å². The average molecular weight is 573 g/mol. The second-order valence-corrected chi connectivity index (χ2v) is 13.7. The fourth-order valence-corrected chi connectivity index (χ4v) is 8.80. The molecular formula is C31H49FN6O3. The van der Waals surface area contributed by atoms with Gasteiger partial charge in [-0.2, -0.15) is 0 Å². The van der Waals surface area contributed by atoms with Crippen LogP contribution in [0.3, 0.4) is 0 Å². The molecule has 0 aromatic heterocycles. The van der Waals surface area contributed by atoms with Crippen LogP contribution < -0.4 is 11.1 Å². The molecular weight excluding hydrogens is 523 g/mol. The van der Waals surface area contributed by atoms with Crippen molar-refractivity contribution in [1.82, 2.24) is 20.0 Å². The number of Topliss-reactive ketones (excluding diaryl/α,β-unsaturated/α-hetero) is 1. The van der Waals surface area contributed by atoms with Crippen LogP contribution in [0.25, 0.3) is 0 Å². The van der Waals surface area contributed by atoms with Gasteiger partial charge in [0.25, 0.3) is 5.91 Å². The van der Waals surface area contributed by atoms with Gasteiger partial charge in [-0.15, -0.1) is 0 Å². The van der Waals surface area contributed by atoms with Crippen molar-refractivity contribution in [3.8, 4) is 0 Å². The molecule has 9 nitrogen and oxygen atoms in total. The Balaban J connectivity index is 1.23. The minimum Gasteiger partial charge on any atom is -0.369 e. The standard InChI is InChI=1S/C31H49FN6O3/c1-36(2)18-34-10-5-6-11-35-31(40)23-17-38-25-13-19-7-3-4-8-20(19)14-26(25)41-30-27(38)22(29(23)39)15-24(32)28(30)37-12-9-21(33)16-37/h17-22,24-28,30H,3-16,33H2,1-2H3,(H,35,40)/t19?,20?,21-,22?,24?,25?,26?,27?,28?,30?/m1/s1. The highest BCUT2D eigenvalue weighted by molar-refractivity contribution is 6.20. The van der Waals surface area contributed by atoms with E-state index in [4.69, 9.17) is 10.5 Å². The van der Waals surface area contributed by atoms with E-state index >= 15 is 4.39 Å². The first-order valence-corrected chi connectivity index (χ1v) is 16.1. The van der Waals surface area contributed by atoms with Crippen LogP contribution in [0.4, 0.5) is 4.39 Å². The molecule has 0 spiro atoms. The van der Waals surface area contributed by atoms with Gasteiger partial charge < -0.3 is 25.6 Å². The molecule has 3 heterocycles. The molecule has 2 saturated heterocycles. The van der Waals surface area contributed by atoms with Crippen LogP contribution in [-0.2, 0) is 14.3 Å². The number of fused-ring (bicyclic) bond motifs is 3. The molecule has 1 amide bonds. The molecule has 41 heavy (non-hydrogen) atoms. The zero-order valence-electron chi connectivity index (χ0n) is 24.8. The number of ether oxygens (including phenoxy) is 1. The Kier molecular flexibility index (Phi) is 8.71. The Bertz CT molecular complexity index is 1040. The topological polar surface area (TPSA) is 104 Å². The number of nitrogens with two attached hydrogens (primary N) is 1. The smallest absolute Gasteiger partial charge is 0.256 e. The van der Waals surface area contributed by atoms with Crippen molar-refractivity contribution in [2.24, 2.45) is 28.5 Å². The van der Waals surface area contributed by atoms with Crippen LogP contribution >= 0.6 is 0 Å². The van der Waals surface area contributed by atoms with E-state index in [1.165, 1.54) is 25.7 Å². The van der Waals surface area contributed by atoms with Crippen LogP contribution in [0.15, 0.2) is 16.8 Å². The third-order valence-corrected chi connectivity index (χ3v) is 10.7. The maximum absolute atomic E-state index is 16.1. The zero-order valence-corrected chi connectivity index (χ0v) is 24.8. The lowest BCUT2D eigenvalue weighted by Crippen LogP contribution is -2.73. The van der Waals surface area contributed by atoms with E-state index in [9.17, 15) is 9.59 Å². The van der Waals surface area contributed by atoms with Gasteiger partial charge in [-0.25, -0.2) is 4.39 Å². The number of halogens is 1. The van der Waals surface area contributed by atoms with Crippen molar-refractivity contribution in [2.75, 3.05) is 40.3 Å². The van der Waals surface area contributed by atoms with Gasteiger partial charge in [0.2, 0.25) is 0 Å². The van der Waals surface area contributed by atoms with Crippen LogP contribution in [0.1, 0.15) is 64.2 Å². The number of morpholine rings is 1. The second kappa shape index (κ2) is 12.3. The number of unbranched alkanes of at least 4 members (excludes halogenated alkanes) is 1. The van der Waals surface area contributed by atoms with Gasteiger partial charge in [0.1, 0.15) is 6.17 Å². The number of aliphatic imine (C=N–C) groups is 1.